The molecule has 1 saturated carbocycles. The molecule has 4 aliphatic rings. The summed E-state index contributed by atoms with van der Waals surface area (Å²) in [4.78, 5) is 17.8. The van der Waals surface area contributed by atoms with Crippen LogP contribution in [-0.4, -0.2) is 67.7 Å². The first kappa shape index (κ1) is 22.2. The lowest BCUT2D eigenvalue weighted by Crippen LogP contribution is -2.46. The molecule has 5 nitrogen and oxygen atoms in total. The van der Waals surface area contributed by atoms with Crippen molar-refractivity contribution in [2.45, 2.75) is 64.3 Å². The maximum Gasteiger partial charge on any atom is 0.225 e. The minimum atomic E-state index is 0.197. The van der Waals surface area contributed by atoms with Gasteiger partial charge in [0.2, 0.25) is 5.91 Å². The van der Waals surface area contributed by atoms with E-state index in [1.807, 2.05) is 0 Å². The van der Waals surface area contributed by atoms with E-state index in [2.05, 4.69) is 34.9 Å². The highest BCUT2D eigenvalue weighted by Gasteiger charge is 2.32. The molecule has 1 unspecified atom stereocenters. The Balaban J connectivity index is 1.14. The van der Waals surface area contributed by atoms with Crippen LogP contribution in [0, 0.1) is 17.8 Å². The first-order valence-corrected chi connectivity index (χ1v) is 13.0. The highest BCUT2D eigenvalue weighted by molar-refractivity contribution is 5.79. The van der Waals surface area contributed by atoms with Gasteiger partial charge in [0, 0.05) is 57.8 Å². The third-order valence-electron chi connectivity index (χ3n) is 8.09. The van der Waals surface area contributed by atoms with Gasteiger partial charge in [-0.3, -0.25) is 9.69 Å². The zero-order valence-electron chi connectivity index (χ0n) is 19.8. The van der Waals surface area contributed by atoms with Crippen molar-refractivity contribution in [2.24, 2.45) is 17.8 Å². The number of rotatable bonds is 8. The molecular formula is C27H40N2O3. The van der Waals surface area contributed by atoms with Crippen molar-refractivity contribution in [1.29, 1.82) is 0 Å². The second-order valence-corrected chi connectivity index (χ2v) is 10.6. The number of likely N-dealkylation sites (tertiary alicyclic amines) is 1. The molecule has 1 atom stereocenters. The van der Waals surface area contributed by atoms with E-state index in [4.69, 9.17) is 9.47 Å². The quantitative estimate of drug-likeness (QED) is 0.614. The van der Waals surface area contributed by atoms with E-state index in [1.165, 1.54) is 37.1 Å². The minimum absolute atomic E-state index is 0.197. The van der Waals surface area contributed by atoms with Gasteiger partial charge in [-0.05, 0) is 80.9 Å². The Hall–Kier alpha value is -1.59. The Bertz CT molecular complexity index is 779. The van der Waals surface area contributed by atoms with E-state index in [9.17, 15) is 4.79 Å². The Morgan fingerprint density at radius 2 is 1.75 bits per heavy atom. The molecule has 2 saturated heterocycles. The highest BCUT2D eigenvalue weighted by Crippen LogP contribution is 2.33. The summed E-state index contributed by atoms with van der Waals surface area (Å²) in [5, 5.41) is 0. The van der Waals surface area contributed by atoms with Crippen LogP contribution >= 0.6 is 0 Å². The van der Waals surface area contributed by atoms with Crippen LogP contribution < -0.4 is 4.74 Å². The lowest BCUT2D eigenvalue weighted by Gasteiger charge is -2.38. The van der Waals surface area contributed by atoms with Crippen LogP contribution in [0.3, 0.4) is 0 Å². The zero-order chi connectivity index (χ0) is 21.9. The van der Waals surface area contributed by atoms with Gasteiger partial charge in [-0.25, -0.2) is 0 Å². The van der Waals surface area contributed by atoms with E-state index < -0.39 is 0 Å². The van der Waals surface area contributed by atoms with E-state index in [-0.39, 0.29) is 5.92 Å². The summed E-state index contributed by atoms with van der Waals surface area (Å²) in [6.45, 7) is 9.03. The summed E-state index contributed by atoms with van der Waals surface area (Å²) >= 11 is 0. The number of carbonyl (C=O) groups is 1. The molecule has 0 radical (unpaired) electrons. The number of piperidine rings is 1. The molecule has 3 heterocycles. The Morgan fingerprint density at radius 3 is 2.47 bits per heavy atom. The fourth-order valence-corrected chi connectivity index (χ4v) is 5.74. The van der Waals surface area contributed by atoms with Crippen LogP contribution in [0.25, 0.3) is 0 Å². The molecule has 3 aliphatic heterocycles. The lowest BCUT2D eigenvalue weighted by atomic mass is 9.92. The van der Waals surface area contributed by atoms with Crippen LogP contribution in [0.2, 0.25) is 0 Å². The molecule has 3 fully saturated rings. The predicted octanol–water partition coefficient (Wildman–Crippen LogP) is 3.93. The van der Waals surface area contributed by atoms with Crippen LogP contribution in [0.15, 0.2) is 18.2 Å². The normalized spacial score (nSPS) is 23.2. The summed E-state index contributed by atoms with van der Waals surface area (Å²) in [6.07, 6.45) is 9.03. The second-order valence-electron chi connectivity index (χ2n) is 10.6. The van der Waals surface area contributed by atoms with Crippen molar-refractivity contribution in [3.8, 4) is 5.75 Å². The summed E-state index contributed by atoms with van der Waals surface area (Å²) in [6, 6.07) is 7.38. The van der Waals surface area contributed by atoms with Crippen LogP contribution in [-0.2, 0) is 22.4 Å². The van der Waals surface area contributed by atoms with Gasteiger partial charge in [0.15, 0.2) is 0 Å². The number of benzene rings is 1. The van der Waals surface area contributed by atoms with Crippen LogP contribution in [0.1, 0.15) is 56.6 Å². The molecule has 1 amide bonds. The predicted molar refractivity (Wildman–Crippen MR) is 126 cm³/mol. The minimum Gasteiger partial charge on any atom is -0.493 e. The van der Waals surface area contributed by atoms with Gasteiger partial charge >= 0.3 is 0 Å². The first-order valence-electron chi connectivity index (χ1n) is 13.0. The lowest BCUT2D eigenvalue weighted by molar-refractivity contribution is -0.140. The number of ether oxygens (including phenoxy) is 2. The zero-order valence-corrected chi connectivity index (χ0v) is 19.8. The molecule has 1 aromatic rings. The fraction of sp³-hybridized carbons (Fsp3) is 0.741. The molecule has 32 heavy (non-hydrogen) atoms. The highest BCUT2D eigenvalue weighted by atomic mass is 16.5. The molecule has 1 aromatic carbocycles. The molecule has 176 valence electrons. The number of fused-ring (bicyclic) bond motifs is 1. The van der Waals surface area contributed by atoms with Crippen LogP contribution in [0.4, 0.5) is 0 Å². The SMILES string of the molecule is CC(Cc1ccc2c(c1)OCC2)N(CC1CC1)CC1CCN(C(=O)C2CCOCC2)CC1. The molecule has 0 N–H and O–H groups in total. The van der Waals surface area contributed by atoms with Crippen molar-refractivity contribution in [3.05, 3.63) is 29.3 Å². The fourth-order valence-electron chi connectivity index (χ4n) is 5.74. The topological polar surface area (TPSA) is 42.0 Å². The van der Waals surface area contributed by atoms with Gasteiger partial charge in [-0.15, -0.1) is 0 Å². The molecule has 0 spiro atoms. The van der Waals surface area contributed by atoms with Crippen molar-refractivity contribution in [2.75, 3.05) is 46.0 Å². The average Bonchev–Trinajstić information content (AvgIpc) is 3.53. The van der Waals surface area contributed by atoms with Crippen LogP contribution in [0.5, 0.6) is 5.75 Å². The first-order chi connectivity index (χ1) is 15.7. The van der Waals surface area contributed by atoms with Crippen molar-refractivity contribution >= 4 is 5.91 Å². The standard InChI is InChI=1S/C27H40N2O3/c1-20(16-23-4-5-24-10-15-32-26(24)17-23)29(18-21-2-3-21)19-22-6-11-28(12-7-22)27(30)25-8-13-31-14-9-25/h4-5,17,20-22,25H,2-3,6-16,18-19H2,1H3. The van der Waals surface area contributed by atoms with Gasteiger partial charge < -0.3 is 14.4 Å². The summed E-state index contributed by atoms with van der Waals surface area (Å²) in [5.74, 6) is 3.29. The van der Waals surface area contributed by atoms with E-state index in [0.29, 0.717) is 17.9 Å². The monoisotopic (exact) mass is 440 g/mol. The van der Waals surface area contributed by atoms with Gasteiger partial charge in [-0.2, -0.15) is 0 Å². The second kappa shape index (κ2) is 10.1. The molecule has 0 bridgehead atoms. The largest absolute Gasteiger partial charge is 0.493 e. The number of carbonyl (C=O) groups excluding carboxylic acids is 1. The molecular weight excluding hydrogens is 400 g/mol. The van der Waals surface area contributed by atoms with Gasteiger partial charge in [0.25, 0.3) is 0 Å². The van der Waals surface area contributed by atoms with E-state index in [1.54, 1.807) is 0 Å². The smallest absolute Gasteiger partial charge is 0.225 e. The average molecular weight is 441 g/mol. The van der Waals surface area contributed by atoms with Gasteiger partial charge in [0.05, 0.1) is 6.61 Å². The van der Waals surface area contributed by atoms with Gasteiger partial charge in [0.1, 0.15) is 5.75 Å². The van der Waals surface area contributed by atoms with Crippen molar-refractivity contribution < 1.29 is 14.3 Å². The van der Waals surface area contributed by atoms with Crippen molar-refractivity contribution in [3.63, 3.8) is 0 Å². The summed E-state index contributed by atoms with van der Waals surface area (Å²) in [7, 11) is 0. The Labute approximate surface area is 193 Å². The molecule has 0 aromatic heterocycles. The van der Waals surface area contributed by atoms with E-state index >= 15 is 0 Å². The maximum atomic E-state index is 12.9. The van der Waals surface area contributed by atoms with E-state index in [0.717, 1.165) is 83.1 Å². The molecule has 1 aliphatic carbocycles. The molecule has 5 rings (SSSR count). The third kappa shape index (κ3) is 5.48. The number of hydrogen-bond acceptors (Lipinski definition) is 4. The van der Waals surface area contributed by atoms with Crippen molar-refractivity contribution in [1.82, 2.24) is 9.80 Å². The number of hydrogen-bond donors (Lipinski definition) is 0. The third-order valence-corrected chi connectivity index (χ3v) is 8.09. The van der Waals surface area contributed by atoms with Gasteiger partial charge in [-0.1, -0.05) is 12.1 Å². The summed E-state index contributed by atoms with van der Waals surface area (Å²) < 4.78 is 11.2. The number of amides is 1. The summed E-state index contributed by atoms with van der Waals surface area (Å²) in [5.41, 5.74) is 2.76. The molecule has 5 heteroatoms. The maximum absolute atomic E-state index is 12.9. The Kier molecular flexibility index (Phi) is 7.03. The Morgan fingerprint density at radius 1 is 1.03 bits per heavy atom. The number of nitrogens with zero attached hydrogens (tertiary/aromatic N) is 2.